The number of nitrogens with one attached hydrogen (secondary N) is 1. The highest BCUT2D eigenvalue weighted by atomic mass is 15.1. The van der Waals surface area contributed by atoms with Crippen LogP contribution in [0.25, 0.3) is 11.2 Å². The summed E-state index contributed by atoms with van der Waals surface area (Å²) in [7, 11) is 1.99. The van der Waals surface area contributed by atoms with Crippen LogP contribution in [0.15, 0.2) is 6.33 Å². The van der Waals surface area contributed by atoms with Crippen molar-refractivity contribution < 1.29 is 0 Å². The number of aryl methyl sites for hydroxylation is 2. The number of nitrogens with zero attached hydrogens (tertiary/aromatic N) is 4. The molecular formula is C11H15N5. The maximum Gasteiger partial charge on any atom is 0.163 e. The summed E-state index contributed by atoms with van der Waals surface area (Å²) in [4.78, 5) is 13.3. The van der Waals surface area contributed by atoms with E-state index in [1.165, 1.54) is 0 Å². The van der Waals surface area contributed by atoms with E-state index >= 15 is 0 Å². The lowest BCUT2D eigenvalue weighted by Gasteiger charge is -2.07. The Bertz CT molecular complexity index is 524. The van der Waals surface area contributed by atoms with Gasteiger partial charge in [0, 0.05) is 19.5 Å². The highest BCUT2D eigenvalue weighted by molar-refractivity contribution is 5.74. The number of hydrogen-bond acceptors (Lipinski definition) is 4. The number of aromatic nitrogens is 4. The van der Waals surface area contributed by atoms with Crippen LogP contribution in [-0.2, 0) is 7.05 Å². The van der Waals surface area contributed by atoms with Crippen molar-refractivity contribution in [2.24, 2.45) is 7.05 Å². The first-order chi connectivity index (χ1) is 7.77. The molecule has 0 aromatic carbocycles. The molecule has 1 aliphatic heterocycles. The topological polar surface area (TPSA) is 55.6 Å². The molecule has 1 saturated heterocycles. The Kier molecular flexibility index (Phi) is 2.14. The van der Waals surface area contributed by atoms with Crippen LogP contribution in [0.5, 0.6) is 0 Å². The average Bonchev–Trinajstić information content (AvgIpc) is 2.89. The van der Waals surface area contributed by atoms with E-state index in [1.807, 2.05) is 18.5 Å². The second-order valence-corrected chi connectivity index (χ2v) is 4.34. The number of rotatable bonds is 1. The summed E-state index contributed by atoms with van der Waals surface area (Å²) in [6.45, 7) is 4.07. The molecule has 0 radical (unpaired) electrons. The van der Waals surface area contributed by atoms with Crippen molar-refractivity contribution in [3.8, 4) is 0 Å². The van der Waals surface area contributed by atoms with Crippen LogP contribution >= 0.6 is 0 Å². The van der Waals surface area contributed by atoms with E-state index < -0.39 is 0 Å². The molecule has 5 nitrogen and oxygen atoms in total. The van der Waals surface area contributed by atoms with Gasteiger partial charge in [-0.05, 0) is 19.9 Å². The Morgan fingerprint density at radius 1 is 1.44 bits per heavy atom. The third-order valence-electron chi connectivity index (χ3n) is 3.35. The molecule has 0 spiro atoms. The quantitative estimate of drug-likeness (QED) is 0.765. The summed E-state index contributed by atoms with van der Waals surface area (Å²) in [5.74, 6) is 1.47. The molecule has 0 bridgehead atoms. The molecule has 1 atom stereocenters. The van der Waals surface area contributed by atoms with Gasteiger partial charge in [0.05, 0.1) is 5.69 Å². The van der Waals surface area contributed by atoms with E-state index in [0.29, 0.717) is 5.92 Å². The van der Waals surface area contributed by atoms with Crippen LogP contribution in [0.1, 0.15) is 23.9 Å². The van der Waals surface area contributed by atoms with Gasteiger partial charge < -0.3 is 9.88 Å². The summed E-state index contributed by atoms with van der Waals surface area (Å²) in [5, 5.41) is 3.36. The van der Waals surface area contributed by atoms with Crippen LogP contribution < -0.4 is 5.32 Å². The summed E-state index contributed by atoms with van der Waals surface area (Å²) in [5.41, 5.74) is 3.00. The predicted octanol–water partition coefficient (Wildman–Crippen LogP) is 0.749. The fourth-order valence-corrected chi connectivity index (χ4v) is 2.31. The van der Waals surface area contributed by atoms with Crippen LogP contribution in [0.2, 0.25) is 0 Å². The Morgan fingerprint density at radius 3 is 3.06 bits per heavy atom. The molecule has 0 saturated carbocycles. The van der Waals surface area contributed by atoms with Crippen molar-refractivity contribution in [3.63, 3.8) is 0 Å². The van der Waals surface area contributed by atoms with E-state index in [2.05, 4.69) is 20.3 Å². The first kappa shape index (κ1) is 9.72. The van der Waals surface area contributed by atoms with Crippen LogP contribution in [0.3, 0.4) is 0 Å². The van der Waals surface area contributed by atoms with E-state index in [1.54, 1.807) is 6.33 Å². The van der Waals surface area contributed by atoms with Crippen molar-refractivity contribution in [3.05, 3.63) is 17.8 Å². The lowest BCUT2D eigenvalue weighted by atomic mass is 10.0. The molecule has 16 heavy (non-hydrogen) atoms. The third kappa shape index (κ3) is 1.31. The zero-order valence-corrected chi connectivity index (χ0v) is 9.56. The molecule has 84 valence electrons. The van der Waals surface area contributed by atoms with Gasteiger partial charge in [-0.1, -0.05) is 0 Å². The van der Waals surface area contributed by atoms with Gasteiger partial charge in [-0.15, -0.1) is 0 Å². The second-order valence-electron chi connectivity index (χ2n) is 4.34. The Morgan fingerprint density at radius 2 is 2.31 bits per heavy atom. The molecule has 2 aromatic heterocycles. The van der Waals surface area contributed by atoms with Crippen molar-refractivity contribution in [1.82, 2.24) is 24.8 Å². The van der Waals surface area contributed by atoms with Crippen molar-refractivity contribution in [2.75, 3.05) is 13.1 Å². The molecule has 3 rings (SSSR count). The lowest BCUT2D eigenvalue weighted by molar-refractivity contribution is 0.738. The molecule has 1 N–H and O–H groups in total. The summed E-state index contributed by atoms with van der Waals surface area (Å²) < 4.78 is 2.02. The van der Waals surface area contributed by atoms with E-state index in [9.17, 15) is 0 Å². The molecular weight excluding hydrogens is 202 g/mol. The van der Waals surface area contributed by atoms with Crippen LogP contribution in [0.4, 0.5) is 0 Å². The van der Waals surface area contributed by atoms with Gasteiger partial charge in [-0.2, -0.15) is 0 Å². The van der Waals surface area contributed by atoms with Gasteiger partial charge in [0.25, 0.3) is 0 Å². The van der Waals surface area contributed by atoms with Crippen LogP contribution in [-0.4, -0.2) is 32.6 Å². The first-order valence-corrected chi connectivity index (χ1v) is 5.62. The van der Waals surface area contributed by atoms with Crippen molar-refractivity contribution in [1.29, 1.82) is 0 Å². The highest BCUT2D eigenvalue weighted by Gasteiger charge is 2.22. The van der Waals surface area contributed by atoms with Gasteiger partial charge in [-0.25, -0.2) is 15.0 Å². The molecule has 5 heteroatoms. The Hall–Kier alpha value is -1.49. The summed E-state index contributed by atoms with van der Waals surface area (Å²) >= 11 is 0. The molecule has 1 fully saturated rings. The summed E-state index contributed by atoms with van der Waals surface area (Å²) in [6, 6.07) is 0. The fraction of sp³-hybridized carbons (Fsp3) is 0.545. The minimum absolute atomic E-state index is 0.486. The Labute approximate surface area is 93.9 Å². The maximum atomic E-state index is 4.57. The van der Waals surface area contributed by atoms with Gasteiger partial charge >= 0.3 is 0 Å². The van der Waals surface area contributed by atoms with E-state index in [-0.39, 0.29) is 0 Å². The SMILES string of the molecule is Cc1nc2c(C3CCNC3)ncnc2n1C. The first-order valence-electron chi connectivity index (χ1n) is 5.62. The molecule has 1 aliphatic rings. The molecule has 3 heterocycles. The van der Waals surface area contributed by atoms with E-state index in [4.69, 9.17) is 0 Å². The second kappa shape index (κ2) is 3.52. The average molecular weight is 217 g/mol. The molecule has 2 aromatic rings. The third-order valence-corrected chi connectivity index (χ3v) is 3.35. The van der Waals surface area contributed by atoms with E-state index in [0.717, 1.165) is 42.2 Å². The predicted molar refractivity (Wildman–Crippen MR) is 61.3 cm³/mol. The van der Waals surface area contributed by atoms with Gasteiger partial charge in [0.1, 0.15) is 17.7 Å². The minimum atomic E-state index is 0.486. The highest BCUT2D eigenvalue weighted by Crippen LogP contribution is 2.26. The van der Waals surface area contributed by atoms with Crippen molar-refractivity contribution in [2.45, 2.75) is 19.3 Å². The van der Waals surface area contributed by atoms with Gasteiger partial charge in [-0.3, -0.25) is 0 Å². The number of hydrogen-bond donors (Lipinski definition) is 1. The molecule has 0 amide bonds. The smallest absolute Gasteiger partial charge is 0.163 e. The normalized spacial score (nSPS) is 20.8. The standard InChI is InChI=1S/C11H15N5/c1-7-15-10-9(8-3-4-12-5-8)13-6-14-11(10)16(7)2/h6,8,12H,3-5H2,1-2H3. The largest absolute Gasteiger partial charge is 0.316 e. The van der Waals surface area contributed by atoms with Crippen LogP contribution in [0, 0.1) is 6.92 Å². The van der Waals surface area contributed by atoms with Gasteiger partial charge in [0.2, 0.25) is 0 Å². The summed E-state index contributed by atoms with van der Waals surface area (Å²) in [6.07, 6.45) is 2.79. The Balaban J connectivity index is 2.20. The fourth-order valence-electron chi connectivity index (χ4n) is 2.31. The number of imidazole rings is 1. The zero-order chi connectivity index (χ0) is 11.1. The zero-order valence-electron chi connectivity index (χ0n) is 9.56. The maximum absolute atomic E-state index is 4.57. The monoisotopic (exact) mass is 217 g/mol. The van der Waals surface area contributed by atoms with Crippen molar-refractivity contribution >= 4 is 11.2 Å². The number of fused-ring (bicyclic) bond motifs is 1. The molecule has 0 aliphatic carbocycles. The van der Waals surface area contributed by atoms with Gasteiger partial charge in [0.15, 0.2) is 5.65 Å². The lowest BCUT2D eigenvalue weighted by Crippen LogP contribution is -2.09. The molecule has 1 unspecified atom stereocenters. The minimum Gasteiger partial charge on any atom is -0.316 e.